The van der Waals surface area contributed by atoms with Crippen molar-refractivity contribution in [3.8, 4) is 0 Å². The molecular weight excluding hydrogens is 424 g/mol. The van der Waals surface area contributed by atoms with Gasteiger partial charge in [-0.3, -0.25) is 0 Å². The molecule has 0 unspecified atom stereocenters. The fourth-order valence-electron chi connectivity index (χ4n) is 2.05. The topological polar surface area (TPSA) is 23.1 Å². The molecule has 0 aliphatic carbocycles. The molecule has 13 heteroatoms. The van der Waals surface area contributed by atoms with Gasteiger partial charge in [-0.15, -0.1) is 0 Å². The lowest BCUT2D eigenvalue weighted by atomic mass is 10.0. The predicted molar refractivity (Wildman–Crippen MR) is 65.4 cm³/mol. The molecule has 2 aromatic carbocycles. The van der Waals surface area contributed by atoms with E-state index in [-0.39, 0.29) is 0 Å². The highest BCUT2D eigenvalue weighted by Crippen LogP contribution is 2.38. The van der Waals surface area contributed by atoms with E-state index in [2.05, 4.69) is 0 Å². The van der Waals surface area contributed by atoms with Crippen LogP contribution in [0.3, 0.4) is 0 Å². The van der Waals surface area contributed by atoms with Crippen molar-refractivity contribution < 1.29 is 57.8 Å². The van der Waals surface area contributed by atoms with Gasteiger partial charge in [-0.05, 0) is 0 Å². The van der Waals surface area contributed by atoms with Crippen molar-refractivity contribution in [2.45, 2.75) is 6.18 Å². The molecule has 0 fully saturated rings. The average Bonchev–Trinajstić information content (AvgIpc) is 2.59. The summed E-state index contributed by atoms with van der Waals surface area (Å²) in [7, 11) is 0. The molecule has 0 bridgehead atoms. The van der Waals surface area contributed by atoms with Crippen LogP contribution in [0.5, 0.6) is 0 Å². The zero-order chi connectivity index (χ0) is 21.7. The molecular formula is C15HF12O-. The van der Waals surface area contributed by atoms with E-state index in [1.165, 1.54) is 0 Å². The molecule has 0 aliphatic rings. The molecule has 0 saturated heterocycles. The normalized spacial score (nSPS) is 12.6. The second kappa shape index (κ2) is 6.95. The molecule has 0 spiro atoms. The Kier molecular flexibility index (Phi) is 5.32. The van der Waals surface area contributed by atoms with Gasteiger partial charge in [0.1, 0.15) is 5.56 Å². The Bertz CT molecular complexity index is 948. The third-order valence-electron chi connectivity index (χ3n) is 3.31. The smallest absolute Gasteiger partial charge is 0.422 e. The molecule has 0 radical (unpaired) electrons. The summed E-state index contributed by atoms with van der Waals surface area (Å²) in [5.74, 6) is -27.4. The fourth-order valence-corrected chi connectivity index (χ4v) is 2.05. The molecule has 2 aromatic rings. The minimum Gasteiger partial charge on any atom is -0.872 e. The molecule has 0 atom stereocenters. The van der Waals surface area contributed by atoms with Crippen LogP contribution in [0.25, 0.3) is 11.8 Å². The second-order valence-electron chi connectivity index (χ2n) is 5.00. The van der Waals surface area contributed by atoms with Gasteiger partial charge in [0.2, 0.25) is 5.82 Å². The van der Waals surface area contributed by atoms with Gasteiger partial charge in [0.25, 0.3) is 0 Å². The number of rotatable bonds is 2. The van der Waals surface area contributed by atoms with Crippen LogP contribution in [0.2, 0.25) is 0 Å². The van der Waals surface area contributed by atoms with Crippen molar-refractivity contribution in [1.82, 2.24) is 0 Å². The fraction of sp³-hybridized carbons (Fsp3) is 0.0667. The Morgan fingerprint density at radius 1 is 0.571 bits per heavy atom. The SMILES string of the molecule is [O-]/C(=C\c1c(F)c(F)c(C(F)(F)F)c(F)c1F)c1c(F)c(F)c(F)c(F)c1F. The van der Waals surface area contributed by atoms with Crippen LogP contribution >= 0.6 is 0 Å². The van der Waals surface area contributed by atoms with E-state index >= 15 is 0 Å². The lowest BCUT2D eigenvalue weighted by Crippen LogP contribution is -2.17. The van der Waals surface area contributed by atoms with Gasteiger partial charge in [-0.1, -0.05) is 11.8 Å². The van der Waals surface area contributed by atoms with E-state index in [0.29, 0.717) is 0 Å². The summed E-state index contributed by atoms with van der Waals surface area (Å²) in [6.07, 6.45) is -6.56. The first-order valence-corrected chi connectivity index (χ1v) is 6.55. The lowest BCUT2D eigenvalue weighted by molar-refractivity contribution is -0.243. The first-order chi connectivity index (χ1) is 12.7. The van der Waals surface area contributed by atoms with E-state index in [1.807, 2.05) is 0 Å². The molecule has 0 aliphatic heterocycles. The van der Waals surface area contributed by atoms with Crippen molar-refractivity contribution in [3.05, 3.63) is 69.0 Å². The molecule has 1 nitrogen and oxygen atoms in total. The van der Waals surface area contributed by atoms with Gasteiger partial charge in [-0.25, -0.2) is 39.5 Å². The van der Waals surface area contributed by atoms with E-state index < -0.39 is 87.1 Å². The van der Waals surface area contributed by atoms with Gasteiger partial charge >= 0.3 is 6.18 Å². The number of benzene rings is 2. The maximum atomic E-state index is 13.7. The van der Waals surface area contributed by atoms with Crippen molar-refractivity contribution in [2.24, 2.45) is 0 Å². The van der Waals surface area contributed by atoms with Crippen LogP contribution < -0.4 is 5.11 Å². The quantitative estimate of drug-likeness (QED) is 0.223. The minimum absolute atomic E-state index is 0.657. The summed E-state index contributed by atoms with van der Waals surface area (Å²) in [4.78, 5) is 0. The maximum absolute atomic E-state index is 13.7. The van der Waals surface area contributed by atoms with E-state index in [1.54, 1.807) is 0 Å². The number of hydrogen-bond donors (Lipinski definition) is 0. The third-order valence-corrected chi connectivity index (χ3v) is 3.31. The molecule has 2 rings (SSSR count). The van der Waals surface area contributed by atoms with Crippen LogP contribution in [-0.2, 0) is 6.18 Å². The van der Waals surface area contributed by atoms with E-state index in [0.717, 1.165) is 0 Å². The summed E-state index contributed by atoms with van der Waals surface area (Å²) in [5.41, 5.74) is -7.42. The molecule has 28 heavy (non-hydrogen) atoms. The van der Waals surface area contributed by atoms with Crippen LogP contribution in [0, 0.1) is 52.4 Å². The van der Waals surface area contributed by atoms with Crippen LogP contribution in [0.4, 0.5) is 52.7 Å². The van der Waals surface area contributed by atoms with Crippen molar-refractivity contribution in [3.63, 3.8) is 0 Å². The lowest BCUT2D eigenvalue weighted by Gasteiger charge is -2.17. The van der Waals surface area contributed by atoms with Crippen molar-refractivity contribution in [2.75, 3.05) is 0 Å². The summed E-state index contributed by atoms with van der Waals surface area (Å²) >= 11 is 0. The monoisotopic (exact) mass is 425 g/mol. The standard InChI is InChI=1S/C15H2F12O/c16-6-2(7(17)11(21)5(10(6)20)15(25,26)27)1-3(28)4-8(18)12(22)14(24)13(23)9(4)19/h1,28H/p-1/b3-1-. The second-order valence-corrected chi connectivity index (χ2v) is 5.00. The minimum atomic E-state index is -5.90. The predicted octanol–water partition coefficient (Wildman–Crippen LogP) is 4.82. The highest BCUT2D eigenvalue weighted by molar-refractivity contribution is 5.76. The Morgan fingerprint density at radius 2 is 0.929 bits per heavy atom. The third kappa shape index (κ3) is 3.24. The summed E-state index contributed by atoms with van der Waals surface area (Å²) < 4.78 is 158. The maximum Gasteiger partial charge on any atom is 0.422 e. The summed E-state index contributed by atoms with van der Waals surface area (Å²) in [6, 6.07) is 0. The van der Waals surface area contributed by atoms with Crippen LogP contribution in [0.15, 0.2) is 0 Å². The van der Waals surface area contributed by atoms with E-state index in [9.17, 15) is 57.8 Å². The molecule has 0 amide bonds. The highest BCUT2D eigenvalue weighted by Gasteiger charge is 2.42. The summed E-state index contributed by atoms with van der Waals surface area (Å²) in [5, 5.41) is 11.7. The van der Waals surface area contributed by atoms with Crippen LogP contribution in [0.1, 0.15) is 16.7 Å². The van der Waals surface area contributed by atoms with Gasteiger partial charge in [0.05, 0.1) is 5.56 Å². The molecule has 0 heterocycles. The Hall–Kier alpha value is -2.86. The number of halogens is 12. The van der Waals surface area contributed by atoms with Gasteiger partial charge in [0.15, 0.2) is 46.5 Å². The van der Waals surface area contributed by atoms with Gasteiger partial charge in [0, 0.05) is 5.56 Å². The molecule has 152 valence electrons. The molecule has 0 saturated carbocycles. The van der Waals surface area contributed by atoms with E-state index in [4.69, 9.17) is 0 Å². The zero-order valence-corrected chi connectivity index (χ0v) is 12.5. The largest absolute Gasteiger partial charge is 0.872 e. The van der Waals surface area contributed by atoms with Crippen LogP contribution in [-0.4, -0.2) is 0 Å². The first kappa shape index (κ1) is 21.4. The number of hydrogen-bond acceptors (Lipinski definition) is 1. The molecule has 0 aromatic heterocycles. The Morgan fingerprint density at radius 3 is 1.29 bits per heavy atom. The van der Waals surface area contributed by atoms with Gasteiger partial charge < -0.3 is 5.11 Å². The Balaban J connectivity index is 2.81. The highest BCUT2D eigenvalue weighted by atomic mass is 19.4. The zero-order valence-electron chi connectivity index (χ0n) is 12.5. The number of alkyl halides is 3. The summed E-state index contributed by atoms with van der Waals surface area (Å²) in [6.45, 7) is 0. The average molecular weight is 425 g/mol. The molecule has 0 N–H and O–H groups in total. The van der Waals surface area contributed by atoms with Crippen molar-refractivity contribution in [1.29, 1.82) is 0 Å². The van der Waals surface area contributed by atoms with Crippen molar-refractivity contribution >= 4 is 11.8 Å². The van der Waals surface area contributed by atoms with Gasteiger partial charge in [-0.2, -0.15) is 13.2 Å². The Labute approximate surface area is 146 Å². The first-order valence-electron chi connectivity index (χ1n) is 6.55.